The standard InChI is InChI=1S/C24H23F3N6O/c1-14-15(2-3-21-19(14)8-17(11-28)31-21)12-33-6-4-16(5-7-33)32-22-20-9-18(10-24(25,26)27)34-23(20)30-13-29-22/h2-3,8-9,13,16,31H,4-7,10,12H2,1H3,(H,29,30,32). The molecule has 0 amide bonds. The molecule has 0 bridgehead atoms. The molecule has 0 unspecified atom stereocenters. The van der Waals surface area contributed by atoms with Gasteiger partial charge in [-0.1, -0.05) is 6.07 Å². The molecular formula is C24H23F3N6O. The minimum absolute atomic E-state index is 0.154. The summed E-state index contributed by atoms with van der Waals surface area (Å²) < 4.78 is 43.4. The molecule has 176 valence electrons. The van der Waals surface area contributed by atoms with Crippen molar-refractivity contribution in [3.63, 3.8) is 0 Å². The number of benzene rings is 1. The van der Waals surface area contributed by atoms with Crippen molar-refractivity contribution >= 4 is 27.8 Å². The Labute approximate surface area is 193 Å². The molecule has 7 nitrogen and oxygen atoms in total. The first kappa shape index (κ1) is 22.2. The molecule has 5 rings (SSSR count). The minimum atomic E-state index is -4.34. The Kier molecular flexibility index (Phi) is 5.65. The molecule has 3 aromatic heterocycles. The number of likely N-dealkylation sites (tertiary alicyclic amines) is 1. The van der Waals surface area contributed by atoms with Crippen LogP contribution in [0.4, 0.5) is 19.0 Å². The van der Waals surface area contributed by atoms with Crippen molar-refractivity contribution in [3.8, 4) is 6.07 Å². The van der Waals surface area contributed by atoms with Crippen molar-refractivity contribution in [1.82, 2.24) is 19.9 Å². The monoisotopic (exact) mass is 468 g/mol. The van der Waals surface area contributed by atoms with E-state index in [2.05, 4.69) is 44.2 Å². The van der Waals surface area contributed by atoms with Gasteiger partial charge in [0, 0.05) is 36.6 Å². The lowest BCUT2D eigenvalue weighted by molar-refractivity contribution is -0.129. The quantitative estimate of drug-likeness (QED) is 0.425. The molecule has 0 atom stereocenters. The van der Waals surface area contributed by atoms with E-state index in [1.165, 1.54) is 23.5 Å². The number of alkyl halides is 3. The summed E-state index contributed by atoms with van der Waals surface area (Å²) in [6.45, 7) is 4.66. The van der Waals surface area contributed by atoms with Crippen LogP contribution in [0, 0.1) is 18.3 Å². The number of rotatable bonds is 5. The Morgan fingerprint density at radius 1 is 1.21 bits per heavy atom. The second-order valence-corrected chi connectivity index (χ2v) is 8.75. The lowest BCUT2D eigenvalue weighted by Gasteiger charge is -2.33. The number of nitrogens with zero attached hydrogens (tertiary/aromatic N) is 4. The summed E-state index contributed by atoms with van der Waals surface area (Å²) in [6.07, 6.45) is -2.42. The summed E-state index contributed by atoms with van der Waals surface area (Å²) in [4.78, 5) is 13.7. The summed E-state index contributed by atoms with van der Waals surface area (Å²) in [5.74, 6) is 0.334. The first-order valence-corrected chi connectivity index (χ1v) is 11.1. The van der Waals surface area contributed by atoms with E-state index in [1.807, 2.05) is 12.1 Å². The number of hydrogen-bond donors (Lipinski definition) is 2. The van der Waals surface area contributed by atoms with Crippen molar-refractivity contribution in [2.75, 3.05) is 18.4 Å². The number of hydrogen-bond acceptors (Lipinski definition) is 6. The van der Waals surface area contributed by atoms with Gasteiger partial charge >= 0.3 is 6.18 Å². The molecule has 4 aromatic rings. The number of halogens is 3. The van der Waals surface area contributed by atoms with E-state index in [9.17, 15) is 13.2 Å². The molecule has 34 heavy (non-hydrogen) atoms. The summed E-state index contributed by atoms with van der Waals surface area (Å²) in [6, 6.07) is 9.70. The van der Waals surface area contributed by atoms with E-state index in [-0.39, 0.29) is 17.5 Å². The van der Waals surface area contributed by atoms with Gasteiger partial charge in [0.2, 0.25) is 5.71 Å². The number of furan rings is 1. The van der Waals surface area contributed by atoms with Crippen molar-refractivity contribution in [2.45, 2.75) is 44.9 Å². The highest BCUT2D eigenvalue weighted by Gasteiger charge is 2.30. The van der Waals surface area contributed by atoms with Crippen LogP contribution in [0.15, 0.2) is 35.0 Å². The van der Waals surface area contributed by atoms with E-state index in [1.54, 1.807) is 0 Å². The zero-order valence-electron chi connectivity index (χ0n) is 18.5. The summed E-state index contributed by atoms with van der Waals surface area (Å²) in [5.41, 5.74) is 4.09. The SMILES string of the molecule is Cc1c(CN2CCC(Nc3ncnc4oc(CC(F)(F)F)cc34)CC2)ccc2[nH]c(C#N)cc12. The number of fused-ring (bicyclic) bond motifs is 2. The highest BCUT2D eigenvalue weighted by molar-refractivity contribution is 5.86. The maximum Gasteiger partial charge on any atom is 0.396 e. The number of H-pyrrole nitrogens is 1. The third-order valence-corrected chi connectivity index (χ3v) is 6.38. The fourth-order valence-electron chi connectivity index (χ4n) is 4.60. The number of nitriles is 1. The van der Waals surface area contributed by atoms with Crippen LogP contribution in [0.3, 0.4) is 0 Å². The van der Waals surface area contributed by atoms with E-state index >= 15 is 0 Å². The van der Waals surface area contributed by atoms with Crippen molar-refractivity contribution in [2.24, 2.45) is 0 Å². The van der Waals surface area contributed by atoms with Crippen LogP contribution in [0.25, 0.3) is 22.0 Å². The Hall–Kier alpha value is -3.58. The van der Waals surface area contributed by atoms with Gasteiger partial charge in [-0.15, -0.1) is 0 Å². The molecule has 10 heteroatoms. The molecule has 2 N–H and O–H groups in total. The van der Waals surface area contributed by atoms with Crippen LogP contribution in [-0.4, -0.2) is 45.2 Å². The van der Waals surface area contributed by atoms with E-state index in [0.717, 1.165) is 43.4 Å². The molecular weight excluding hydrogens is 445 g/mol. The largest absolute Gasteiger partial charge is 0.442 e. The summed E-state index contributed by atoms with van der Waals surface area (Å²) >= 11 is 0. The zero-order chi connectivity index (χ0) is 23.9. The molecule has 0 spiro atoms. The van der Waals surface area contributed by atoms with Crippen molar-refractivity contribution < 1.29 is 17.6 Å². The zero-order valence-corrected chi connectivity index (χ0v) is 18.5. The maximum absolute atomic E-state index is 12.7. The van der Waals surface area contributed by atoms with Crippen LogP contribution in [0.1, 0.15) is 35.4 Å². The number of aromatic nitrogens is 3. The maximum atomic E-state index is 12.7. The predicted octanol–water partition coefficient (Wildman–Crippen LogP) is 5.07. The lowest BCUT2D eigenvalue weighted by atomic mass is 10.0. The van der Waals surface area contributed by atoms with Crippen molar-refractivity contribution in [1.29, 1.82) is 5.26 Å². The molecule has 1 aromatic carbocycles. The Morgan fingerprint density at radius 3 is 2.74 bits per heavy atom. The molecule has 1 aliphatic rings. The van der Waals surface area contributed by atoms with Crippen LogP contribution in [-0.2, 0) is 13.0 Å². The number of nitrogens with one attached hydrogen (secondary N) is 2. The highest BCUT2D eigenvalue weighted by atomic mass is 19.4. The van der Waals surface area contributed by atoms with Crippen LogP contribution in [0.5, 0.6) is 0 Å². The summed E-state index contributed by atoms with van der Waals surface area (Å²) in [5, 5.41) is 14.1. The van der Waals surface area contributed by atoms with Gasteiger partial charge in [-0.05, 0) is 49.1 Å². The van der Waals surface area contributed by atoms with E-state index in [4.69, 9.17) is 9.68 Å². The number of aryl methyl sites for hydroxylation is 1. The van der Waals surface area contributed by atoms with Gasteiger partial charge in [0.25, 0.3) is 0 Å². The molecule has 0 radical (unpaired) electrons. The fraction of sp³-hybridized carbons (Fsp3) is 0.375. The first-order valence-electron chi connectivity index (χ1n) is 11.1. The highest BCUT2D eigenvalue weighted by Crippen LogP contribution is 2.30. The number of anilines is 1. The average Bonchev–Trinajstić information content (AvgIpc) is 3.40. The van der Waals surface area contributed by atoms with Crippen LogP contribution >= 0.6 is 0 Å². The topological polar surface area (TPSA) is 93.8 Å². The molecule has 0 aliphatic carbocycles. The lowest BCUT2D eigenvalue weighted by Crippen LogP contribution is -2.39. The molecule has 1 aliphatic heterocycles. The smallest absolute Gasteiger partial charge is 0.396 e. The summed E-state index contributed by atoms with van der Waals surface area (Å²) in [7, 11) is 0. The van der Waals surface area contributed by atoms with Gasteiger partial charge in [0.1, 0.15) is 36.1 Å². The normalized spacial score (nSPS) is 15.7. The van der Waals surface area contributed by atoms with Crippen LogP contribution in [0.2, 0.25) is 0 Å². The fourth-order valence-corrected chi connectivity index (χ4v) is 4.60. The van der Waals surface area contributed by atoms with E-state index < -0.39 is 12.6 Å². The van der Waals surface area contributed by atoms with Crippen molar-refractivity contribution in [3.05, 3.63) is 53.2 Å². The third-order valence-electron chi connectivity index (χ3n) is 6.38. The molecule has 4 heterocycles. The number of aromatic amines is 1. The Balaban J connectivity index is 1.23. The minimum Gasteiger partial charge on any atom is -0.442 e. The van der Waals surface area contributed by atoms with Gasteiger partial charge in [0.15, 0.2) is 0 Å². The molecule has 1 fully saturated rings. The predicted molar refractivity (Wildman–Crippen MR) is 121 cm³/mol. The average molecular weight is 468 g/mol. The Morgan fingerprint density at radius 2 is 2.00 bits per heavy atom. The van der Waals surface area contributed by atoms with Gasteiger partial charge < -0.3 is 14.7 Å². The molecule has 1 saturated heterocycles. The van der Waals surface area contributed by atoms with Gasteiger partial charge in [0.05, 0.1) is 5.39 Å². The molecule has 0 saturated carbocycles. The van der Waals surface area contributed by atoms with Gasteiger partial charge in [-0.3, -0.25) is 4.90 Å². The second kappa shape index (κ2) is 8.65. The Bertz CT molecular complexity index is 1380. The third kappa shape index (κ3) is 4.56. The van der Waals surface area contributed by atoms with Gasteiger partial charge in [-0.2, -0.15) is 18.4 Å². The van der Waals surface area contributed by atoms with Gasteiger partial charge in [-0.25, -0.2) is 9.97 Å². The van der Waals surface area contributed by atoms with Crippen LogP contribution < -0.4 is 5.32 Å². The number of piperidine rings is 1. The first-order chi connectivity index (χ1) is 16.3. The van der Waals surface area contributed by atoms with E-state index in [0.29, 0.717) is 16.9 Å². The second-order valence-electron chi connectivity index (χ2n) is 8.75.